The molecule has 4 heteroatoms. The van der Waals surface area contributed by atoms with E-state index >= 15 is 0 Å². The normalized spacial score (nSPS) is 10.6. The van der Waals surface area contributed by atoms with E-state index < -0.39 is 5.91 Å². The fraction of sp³-hybridized carbons (Fsp3) is 0.353. The number of amides is 1. The van der Waals surface area contributed by atoms with Crippen LogP contribution in [0.5, 0.6) is 5.75 Å². The first kappa shape index (κ1) is 15.3. The summed E-state index contributed by atoms with van der Waals surface area (Å²) in [5, 5.41) is 12.1. The van der Waals surface area contributed by atoms with E-state index in [1.165, 1.54) is 0 Å². The Balaban J connectivity index is 1.91. The van der Waals surface area contributed by atoms with Gasteiger partial charge in [-0.3, -0.25) is 10.0 Å². The quantitative estimate of drug-likeness (QED) is 0.468. The van der Waals surface area contributed by atoms with Crippen molar-refractivity contribution in [1.29, 1.82) is 0 Å². The lowest BCUT2D eigenvalue weighted by atomic mass is 10.1. The Morgan fingerprint density at radius 3 is 2.62 bits per heavy atom. The summed E-state index contributed by atoms with van der Waals surface area (Å²) in [5.41, 5.74) is 0. The summed E-state index contributed by atoms with van der Waals surface area (Å²) in [6.45, 7) is 2.11. The monoisotopic (exact) mass is 287 g/mol. The Morgan fingerprint density at radius 2 is 1.86 bits per heavy atom. The zero-order valence-corrected chi connectivity index (χ0v) is 12.3. The first-order chi connectivity index (χ1) is 10.2. The maximum absolute atomic E-state index is 11.7. The fourth-order valence-corrected chi connectivity index (χ4v) is 2.17. The number of benzene rings is 2. The molecule has 0 atom stereocenters. The van der Waals surface area contributed by atoms with Gasteiger partial charge in [0.25, 0.3) is 5.91 Å². The molecule has 0 saturated carbocycles. The van der Waals surface area contributed by atoms with Gasteiger partial charge >= 0.3 is 0 Å². The summed E-state index contributed by atoms with van der Waals surface area (Å²) in [4.78, 5) is 16.9. The van der Waals surface area contributed by atoms with Gasteiger partial charge in [-0.15, -0.1) is 0 Å². The van der Waals surface area contributed by atoms with Crippen molar-refractivity contribution in [2.75, 3.05) is 0 Å². The molecular weight excluding hydrogens is 266 g/mol. The van der Waals surface area contributed by atoms with Crippen molar-refractivity contribution in [3.05, 3.63) is 42.5 Å². The van der Waals surface area contributed by atoms with Gasteiger partial charge in [0.15, 0.2) is 5.75 Å². The van der Waals surface area contributed by atoms with E-state index in [0.717, 1.165) is 36.5 Å². The molecule has 21 heavy (non-hydrogen) atoms. The molecule has 4 nitrogen and oxygen atoms in total. The van der Waals surface area contributed by atoms with Crippen LogP contribution in [0.1, 0.15) is 39.0 Å². The second-order valence-electron chi connectivity index (χ2n) is 5.08. The lowest BCUT2D eigenvalue weighted by Gasteiger charge is -2.15. The highest BCUT2D eigenvalue weighted by Gasteiger charge is 2.12. The number of fused-ring (bicyclic) bond motifs is 1. The van der Waals surface area contributed by atoms with Crippen molar-refractivity contribution < 1.29 is 14.8 Å². The van der Waals surface area contributed by atoms with Gasteiger partial charge in [0, 0.05) is 6.42 Å². The van der Waals surface area contributed by atoms with Crippen LogP contribution in [0.3, 0.4) is 0 Å². The number of hydrogen-bond acceptors (Lipinski definition) is 3. The number of hydrogen-bond donors (Lipinski definition) is 1. The maximum atomic E-state index is 11.7. The van der Waals surface area contributed by atoms with Crippen LogP contribution < -0.4 is 4.84 Å². The van der Waals surface area contributed by atoms with E-state index in [9.17, 15) is 10.0 Å². The van der Waals surface area contributed by atoms with Gasteiger partial charge in [0.2, 0.25) is 0 Å². The molecule has 112 valence electrons. The summed E-state index contributed by atoms with van der Waals surface area (Å²) < 4.78 is 0. The third-order valence-electron chi connectivity index (χ3n) is 3.37. The molecular formula is C17H21NO3. The lowest BCUT2D eigenvalue weighted by Crippen LogP contribution is -2.30. The van der Waals surface area contributed by atoms with Crippen LogP contribution in [0, 0.1) is 0 Å². The van der Waals surface area contributed by atoms with Crippen molar-refractivity contribution in [2.24, 2.45) is 0 Å². The van der Waals surface area contributed by atoms with Gasteiger partial charge in [-0.2, -0.15) is 0 Å². The minimum Gasteiger partial charge on any atom is -0.351 e. The molecule has 0 heterocycles. The number of nitrogens with zero attached hydrogens (tertiary/aromatic N) is 1. The lowest BCUT2D eigenvalue weighted by molar-refractivity contribution is -0.265. The molecule has 0 aliphatic rings. The first-order valence-corrected chi connectivity index (χ1v) is 7.39. The summed E-state index contributed by atoms with van der Waals surface area (Å²) in [7, 11) is 0. The zero-order chi connectivity index (χ0) is 15.1. The van der Waals surface area contributed by atoms with Crippen LogP contribution in [0.4, 0.5) is 0 Å². The predicted molar refractivity (Wildman–Crippen MR) is 82.0 cm³/mol. The molecule has 0 aromatic heterocycles. The minimum atomic E-state index is -0.417. The molecule has 0 fully saturated rings. The number of unbranched alkanes of at least 4 members (excludes halogenated alkanes) is 3. The first-order valence-electron chi connectivity index (χ1n) is 7.39. The Hall–Kier alpha value is -2.07. The van der Waals surface area contributed by atoms with E-state index in [-0.39, 0.29) is 0 Å². The van der Waals surface area contributed by atoms with Crippen LogP contribution in [-0.4, -0.2) is 16.3 Å². The Labute approximate surface area is 124 Å². The van der Waals surface area contributed by atoms with Crippen molar-refractivity contribution in [2.45, 2.75) is 39.0 Å². The van der Waals surface area contributed by atoms with E-state index in [1.54, 1.807) is 12.1 Å². The van der Waals surface area contributed by atoms with Crippen LogP contribution in [-0.2, 0) is 4.79 Å². The van der Waals surface area contributed by atoms with E-state index in [1.807, 2.05) is 30.3 Å². The van der Waals surface area contributed by atoms with Crippen LogP contribution >= 0.6 is 0 Å². The van der Waals surface area contributed by atoms with Gasteiger partial charge in [0.05, 0.1) is 0 Å². The van der Waals surface area contributed by atoms with Crippen molar-refractivity contribution in [3.63, 3.8) is 0 Å². The highest BCUT2D eigenvalue weighted by molar-refractivity contribution is 5.83. The highest BCUT2D eigenvalue weighted by Crippen LogP contribution is 2.21. The second-order valence-corrected chi connectivity index (χ2v) is 5.08. The Morgan fingerprint density at radius 1 is 1.10 bits per heavy atom. The maximum Gasteiger partial charge on any atom is 0.284 e. The van der Waals surface area contributed by atoms with Crippen molar-refractivity contribution in [1.82, 2.24) is 5.23 Å². The van der Waals surface area contributed by atoms with Crippen molar-refractivity contribution in [3.8, 4) is 5.75 Å². The van der Waals surface area contributed by atoms with Crippen LogP contribution in [0.2, 0.25) is 0 Å². The molecule has 0 aliphatic carbocycles. The van der Waals surface area contributed by atoms with Crippen molar-refractivity contribution >= 4 is 16.7 Å². The summed E-state index contributed by atoms with van der Waals surface area (Å²) in [5.74, 6) is 0.0253. The largest absolute Gasteiger partial charge is 0.351 e. The molecule has 0 saturated heterocycles. The molecule has 0 unspecified atom stereocenters. The number of hydroxylamine groups is 2. The molecule has 2 aromatic carbocycles. The van der Waals surface area contributed by atoms with Gasteiger partial charge in [-0.05, 0) is 34.6 Å². The predicted octanol–water partition coefficient (Wildman–Crippen LogP) is 4.32. The molecule has 0 spiro atoms. The molecule has 0 bridgehead atoms. The average Bonchev–Trinajstić information content (AvgIpc) is 2.51. The summed E-state index contributed by atoms with van der Waals surface area (Å²) in [6, 6.07) is 13.3. The third kappa shape index (κ3) is 4.46. The smallest absolute Gasteiger partial charge is 0.284 e. The number of carbonyl (C=O) groups is 1. The van der Waals surface area contributed by atoms with Crippen LogP contribution in [0.25, 0.3) is 10.8 Å². The van der Waals surface area contributed by atoms with Gasteiger partial charge in [-0.1, -0.05) is 56.5 Å². The molecule has 2 aromatic rings. The summed E-state index contributed by atoms with van der Waals surface area (Å²) >= 11 is 0. The van der Waals surface area contributed by atoms with E-state index in [4.69, 9.17) is 4.84 Å². The Bertz CT molecular complexity index is 597. The molecule has 0 radical (unpaired) electrons. The van der Waals surface area contributed by atoms with E-state index in [2.05, 4.69) is 6.92 Å². The minimum absolute atomic E-state index is 0.296. The topological polar surface area (TPSA) is 49.8 Å². The SMILES string of the molecule is CCCCCCC(=O)N(O)Oc1ccc2ccccc2c1. The molecule has 2 rings (SSSR count). The molecule has 1 amide bonds. The third-order valence-corrected chi connectivity index (χ3v) is 3.37. The van der Waals surface area contributed by atoms with Gasteiger partial charge in [-0.25, -0.2) is 0 Å². The number of rotatable bonds is 7. The standard InChI is InChI=1S/C17H21NO3/c1-2-3-4-5-10-17(19)18(20)21-16-12-11-14-8-6-7-9-15(14)13-16/h6-9,11-13,20H,2-5,10H2,1H3. The average molecular weight is 287 g/mol. The molecule has 1 N–H and O–H groups in total. The van der Waals surface area contributed by atoms with Gasteiger partial charge in [0.1, 0.15) is 0 Å². The fourth-order valence-electron chi connectivity index (χ4n) is 2.17. The highest BCUT2D eigenvalue weighted by atomic mass is 16.9. The Kier molecular flexibility index (Phi) is 5.58. The van der Waals surface area contributed by atoms with E-state index in [0.29, 0.717) is 17.4 Å². The second kappa shape index (κ2) is 7.64. The number of carbonyl (C=O) groups excluding carboxylic acids is 1. The van der Waals surface area contributed by atoms with Crippen LogP contribution in [0.15, 0.2) is 42.5 Å². The zero-order valence-electron chi connectivity index (χ0n) is 12.3. The van der Waals surface area contributed by atoms with Gasteiger partial charge < -0.3 is 4.84 Å². The summed E-state index contributed by atoms with van der Waals surface area (Å²) in [6.07, 6.45) is 4.27. The molecule has 0 aliphatic heterocycles.